The van der Waals surface area contributed by atoms with Crippen LogP contribution in [-0.2, 0) is 0 Å². The van der Waals surface area contributed by atoms with Gasteiger partial charge in [0.05, 0.1) is 6.10 Å². The van der Waals surface area contributed by atoms with Gasteiger partial charge in [-0.3, -0.25) is 0 Å². The van der Waals surface area contributed by atoms with Crippen LogP contribution in [0.1, 0.15) is 12.8 Å². The Morgan fingerprint density at radius 3 is 2.87 bits per heavy atom. The smallest absolute Gasteiger partial charge is 0.227 e. The van der Waals surface area contributed by atoms with Crippen molar-refractivity contribution in [3.63, 3.8) is 0 Å². The summed E-state index contributed by atoms with van der Waals surface area (Å²) in [5, 5.41) is 12.2. The van der Waals surface area contributed by atoms with Crippen molar-refractivity contribution < 1.29 is 5.11 Å². The number of rotatable bonds is 2. The van der Waals surface area contributed by atoms with E-state index < -0.39 is 0 Å². The highest BCUT2D eigenvalue weighted by molar-refractivity contribution is 7.18. The third-order valence-corrected chi connectivity index (χ3v) is 2.82. The summed E-state index contributed by atoms with van der Waals surface area (Å²) < 4.78 is 0. The molecule has 5 nitrogen and oxygen atoms in total. The van der Waals surface area contributed by atoms with Gasteiger partial charge in [0.1, 0.15) is 5.82 Å². The molecule has 1 unspecified atom stereocenters. The van der Waals surface area contributed by atoms with Crippen LogP contribution < -0.4 is 9.99 Å². The van der Waals surface area contributed by atoms with Crippen molar-refractivity contribution in [2.45, 2.75) is 18.9 Å². The first-order valence-corrected chi connectivity index (χ1v) is 5.60. The fourth-order valence-corrected chi connectivity index (χ4v) is 1.83. The maximum Gasteiger partial charge on any atom is 0.227 e. The summed E-state index contributed by atoms with van der Waals surface area (Å²) in [7, 11) is 2.38. The molecule has 6 heteroatoms. The van der Waals surface area contributed by atoms with Crippen LogP contribution in [0, 0.1) is 0 Å². The molecule has 1 aromatic heterocycles. The number of aliphatic hydroxyl groups is 1. The summed E-state index contributed by atoms with van der Waals surface area (Å²) in [6, 6.07) is 1.89. The first-order valence-electron chi connectivity index (χ1n) is 5.02. The molecule has 1 fully saturated rings. The van der Waals surface area contributed by atoms with Gasteiger partial charge in [-0.1, -0.05) is 0 Å². The lowest BCUT2D eigenvalue weighted by Crippen LogP contribution is -2.36. The number of hydrogen-bond acceptors (Lipinski definition) is 5. The van der Waals surface area contributed by atoms with Crippen LogP contribution >= 0.6 is 9.39 Å². The number of anilines is 2. The average Bonchev–Trinajstić information content (AvgIpc) is 2.30. The molecule has 0 saturated carbocycles. The third-order valence-electron chi connectivity index (χ3n) is 2.56. The molecule has 2 rings (SSSR count). The van der Waals surface area contributed by atoms with Gasteiger partial charge in [0, 0.05) is 19.3 Å². The monoisotopic (exact) mass is 226 g/mol. The van der Waals surface area contributed by atoms with Crippen molar-refractivity contribution in [1.29, 1.82) is 0 Å². The molecule has 2 N–H and O–H groups in total. The zero-order valence-electron chi connectivity index (χ0n) is 8.43. The molecule has 82 valence electrons. The third kappa shape index (κ3) is 2.55. The van der Waals surface area contributed by atoms with E-state index in [1.165, 1.54) is 0 Å². The minimum atomic E-state index is -0.151. The second-order valence-electron chi connectivity index (χ2n) is 3.60. The number of hydrogen-bond donors (Lipinski definition) is 2. The number of piperidine rings is 1. The van der Waals surface area contributed by atoms with Crippen LogP contribution in [0.15, 0.2) is 12.3 Å². The predicted molar refractivity (Wildman–Crippen MR) is 62.8 cm³/mol. The van der Waals surface area contributed by atoms with Gasteiger partial charge in [0.25, 0.3) is 0 Å². The second-order valence-corrected chi connectivity index (χ2v) is 3.89. The standard InChI is InChI=1S/C9H15N4OP/c14-7-2-5-13(6-3-7)8-1-4-10-9(11-8)12-15/h1,4,7,14H,2-3,5-6,15H2,(H,10,11,12). The number of nitrogens with one attached hydrogen (secondary N) is 1. The summed E-state index contributed by atoms with van der Waals surface area (Å²) >= 11 is 0. The van der Waals surface area contributed by atoms with Gasteiger partial charge in [0.15, 0.2) is 0 Å². The SMILES string of the molecule is OC1CCN(c2ccnc(NP)n2)CC1. The molecular weight excluding hydrogens is 211 g/mol. The topological polar surface area (TPSA) is 61.3 Å². The fourth-order valence-electron chi connectivity index (χ4n) is 1.69. The van der Waals surface area contributed by atoms with E-state index >= 15 is 0 Å². The Morgan fingerprint density at radius 1 is 1.47 bits per heavy atom. The Morgan fingerprint density at radius 2 is 2.20 bits per heavy atom. The predicted octanol–water partition coefficient (Wildman–Crippen LogP) is 0.640. The summed E-state index contributed by atoms with van der Waals surface area (Å²) in [4.78, 5) is 10.6. The van der Waals surface area contributed by atoms with Crippen LogP contribution in [-0.4, -0.2) is 34.3 Å². The van der Waals surface area contributed by atoms with Gasteiger partial charge in [-0.2, -0.15) is 4.98 Å². The minimum absolute atomic E-state index is 0.151. The highest BCUT2D eigenvalue weighted by Crippen LogP contribution is 2.18. The van der Waals surface area contributed by atoms with Crippen molar-refractivity contribution in [2.24, 2.45) is 0 Å². The lowest BCUT2D eigenvalue weighted by molar-refractivity contribution is 0.145. The lowest BCUT2D eigenvalue weighted by atomic mass is 10.1. The van der Waals surface area contributed by atoms with Crippen molar-refractivity contribution in [3.05, 3.63) is 12.3 Å². The van der Waals surface area contributed by atoms with Crippen LogP contribution in [0.5, 0.6) is 0 Å². The molecule has 1 aliphatic heterocycles. The van der Waals surface area contributed by atoms with Crippen LogP contribution in [0.2, 0.25) is 0 Å². The molecule has 0 radical (unpaired) electrons. The molecule has 1 atom stereocenters. The molecule has 1 saturated heterocycles. The minimum Gasteiger partial charge on any atom is -0.393 e. The Bertz CT molecular complexity index is 328. The van der Waals surface area contributed by atoms with E-state index in [1.807, 2.05) is 6.07 Å². The van der Waals surface area contributed by atoms with Gasteiger partial charge in [0.2, 0.25) is 5.95 Å². The van der Waals surface area contributed by atoms with Gasteiger partial charge in [-0.15, -0.1) is 0 Å². The van der Waals surface area contributed by atoms with E-state index in [9.17, 15) is 5.11 Å². The molecule has 15 heavy (non-hydrogen) atoms. The maximum atomic E-state index is 9.40. The van der Waals surface area contributed by atoms with E-state index in [0.717, 1.165) is 31.7 Å². The maximum absolute atomic E-state index is 9.40. The highest BCUT2D eigenvalue weighted by atomic mass is 31.0. The fraction of sp³-hybridized carbons (Fsp3) is 0.556. The normalized spacial score (nSPS) is 17.9. The van der Waals surface area contributed by atoms with Crippen LogP contribution in [0.25, 0.3) is 0 Å². The summed E-state index contributed by atoms with van der Waals surface area (Å²) in [5.41, 5.74) is 0. The Kier molecular flexibility index (Phi) is 3.34. The molecule has 0 spiro atoms. The van der Waals surface area contributed by atoms with E-state index in [2.05, 4.69) is 29.3 Å². The highest BCUT2D eigenvalue weighted by Gasteiger charge is 2.18. The summed E-state index contributed by atoms with van der Waals surface area (Å²) in [6.07, 6.45) is 3.21. The summed E-state index contributed by atoms with van der Waals surface area (Å²) in [6.45, 7) is 1.71. The van der Waals surface area contributed by atoms with Crippen molar-refractivity contribution >= 4 is 21.2 Å². The molecule has 0 amide bonds. The first-order chi connectivity index (χ1) is 7.29. The molecule has 0 aliphatic carbocycles. The zero-order chi connectivity index (χ0) is 10.7. The summed E-state index contributed by atoms with van der Waals surface area (Å²) in [5.74, 6) is 1.52. The average molecular weight is 226 g/mol. The van der Waals surface area contributed by atoms with Gasteiger partial charge in [-0.25, -0.2) is 4.98 Å². The largest absolute Gasteiger partial charge is 0.393 e. The van der Waals surface area contributed by atoms with Gasteiger partial charge in [-0.05, 0) is 28.3 Å². The Labute approximate surface area is 91.2 Å². The van der Waals surface area contributed by atoms with E-state index in [0.29, 0.717) is 5.95 Å². The van der Waals surface area contributed by atoms with Gasteiger partial charge >= 0.3 is 0 Å². The van der Waals surface area contributed by atoms with E-state index in [1.54, 1.807) is 6.20 Å². The zero-order valence-corrected chi connectivity index (χ0v) is 9.58. The van der Waals surface area contributed by atoms with Crippen LogP contribution in [0.3, 0.4) is 0 Å². The van der Waals surface area contributed by atoms with Crippen molar-refractivity contribution in [1.82, 2.24) is 9.97 Å². The molecule has 2 heterocycles. The number of aliphatic hydroxyl groups excluding tert-OH is 1. The van der Waals surface area contributed by atoms with Crippen LogP contribution in [0.4, 0.5) is 11.8 Å². The Balaban J connectivity index is 2.08. The van der Waals surface area contributed by atoms with Crippen molar-refractivity contribution in [2.75, 3.05) is 23.1 Å². The molecule has 0 aromatic carbocycles. The number of nitrogens with zero attached hydrogens (tertiary/aromatic N) is 3. The van der Waals surface area contributed by atoms with E-state index in [-0.39, 0.29) is 6.10 Å². The number of aromatic nitrogens is 2. The lowest BCUT2D eigenvalue weighted by Gasteiger charge is -2.30. The quantitative estimate of drug-likeness (QED) is 0.725. The second kappa shape index (κ2) is 4.73. The molecule has 0 bridgehead atoms. The Hall–Kier alpha value is -0.930. The van der Waals surface area contributed by atoms with E-state index in [4.69, 9.17) is 0 Å². The molecule has 1 aliphatic rings. The molecule has 1 aromatic rings. The van der Waals surface area contributed by atoms with Gasteiger partial charge < -0.3 is 15.1 Å². The first kappa shape index (κ1) is 10.6. The molecular formula is C9H15N4OP. The van der Waals surface area contributed by atoms with Crippen molar-refractivity contribution in [3.8, 4) is 0 Å².